The van der Waals surface area contributed by atoms with Crippen molar-refractivity contribution in [2.24, 2.45) is 5.73 Å². The van der Waals surface area contributed by atoms with Crippen molar-refractivity contribution < 1.29 is 14.1 Å². The zero-order chi connectivity index (χ0) is 25.4. The van der Waals surface area contributed by atoms with Crippen molar-refractivity contribution in [3.05, 3.63) is 56.4 Å². The van der Waals surface area contributed by atoms with Crippen LogP contribution in [-0.2, 0) is 9.59 Å². The Bertz CT molecular complexity index is 1460. The van der Waals surface area contributed by atoms with Crippen LogP contribution in [0.2, 0.25) is 0 Å². The average Bonchev–Trinajstić information content (AvgIpc) is 3.59. The number of aryl methyl sites for hydroxylation is 2. The Morgan fingerprint density at radius 2 is 2.17 bits per heavy atom. The first-order chi connectivity index (χ1) is 17.4. The van der Waals surface area contributed by atoms with Crippen LogP contribution >= 0.6 is 34.4 Å². The van der Waals surface area contributed by atoms with Gasteiger partial charge in [-0.1, -0.05) is 28.3 Å². The predicted octanol–water partition coefficient (Wildman–Crippen LogP) is 4.24. The molecular formula is C23H21N7O3S3. The van der Waals surface area contributed by atoms with Gasteiger partial charge in [-0.05, 0) is 38.8 Å². The largest absolute Gasteiger partial charge is 0.384 e. The van der Waals surface area contributed by atoms with Gasteiger partial charge in [-0.3, -0.25) is 14.5 Å². The lowest BCUT2D eigenvalue weighted by Gasteiger charge is -2.37. The van der Waals surface area contributed by atoms with Crippen LogP contribution in [0.1, 0.15) is 40.7 Å². The molecule has 13 heteroatoms. The number of nitrogens with one attached hydrogen (secondary N) is 1. The van der Waals surface area contributed by atoms with E-state index in [1.165, 1.54) is 23.1 Å². The summed E-state index contributed by atoms with van der Waals surface area (Å²) >= 11 is 4.04. The molecule has 10 nitrogen and oxygen atoms in total. The molecule has 5 rings (SSSR count). The number of carbonyl (C=O) groups is 2. The van der Waals surface area contributed by atoms with E-state index < -0.39 is 5.92 Å². The van der Waals surface area contributed by atoms with Gasteiger partial charge in [-0.2, -0.15) is 5.26 Å². The molecule has 1 atom stereocenters. The lowest BCUT2D eigenvalue weighted by Crippen LogP contribution is -2.38. The van der Waals surface area contributed by atoms with E-state index in [0.29, 0.717) is 51.5 Å². The molecule has 3 aromatic rings. The number of aromatic nitrogens is 3. The molecule has 0 bridgehead atoms. The highest BCUT2D eigenvalue weighted by molar-refractivity contribution is 8.01. The number of thiophene rings is 1. The van der Waals surface area contributed by atoms with Gasteiger partial charge in [0, 0.05) is 33.5 Å². The number of nitrogens with zero attached hydrogens (tertiary/aromatic N) is 5. The maximum absolute atomic E-state index is 13.2. The van der Waals surface area contributed by atoms with Gasteiger partial charge in [0.25, 0.3) is 0 Å². The van der Waals surface area contributed by atoms with Crippen molar-refractivity contribution in [1.82, 2.24) is 15.4 Å². The molecule has 3 N–H and O–H groups in total. The second-order valence-corrected chi connectivity index (χ2v) is 11.8. The predicted molar refractivity (Wildman–Crippen MR) is 137 cm³/mol. The molecule has 1 amide bonds. The van der Waals surface area contributed by atoms with Gasteiger partial charge in [-0.25, -0.2) is 0 Å². The summed E-state index contributed by atoms with van der Waals surface area (Å²) in [6, 6.07) is 7.83. The molecule has 0 aromatic carbocycles. The number of anilines is 2. The van der Waals surface area contributed by atoms with Crippen molar-refractivity contribution >= 4 is 57.1 Å². The van der Waals surface area contributed by atoms with E-state index in [9.17, 15) is 14.9 Å². The van der Waals surface area contributed by atoms with Gasteiger partial charge in [0.15, 0.2) is 15.9 Å². The number of carbonyl (C=O) groups excluding carboxylic acids is 2. The lowest BCUT2D eigenvalue weighted by molar-refractivity contribution is -0.116. The zero-order valence-corrected chi connectivity index (χ0v) is 21.9. The third kappa shape index (κ3) is 4.55. The number of Topliss-reactive ketones (excluding diaryl/α,β-unsaturated/α-hetero) is 1. The molecule has 1 aliphatic heterocycles. The fraction of sp³-hybridized carbons (Fsp3) is 0.304. The topological polar surface area (TPSA) is 151 Å². The Morgan fingerprint density at radius 3 is 2.86 bits per heavy atom. The summed E-state index contributed by atoms with van der Waals surface area (Å²) in [5.74, 6) is 0.599. The average molecular weight is 540 g/mol. The van der Waals surface area contributed by atoms with Crippen LogP contribution in [0.4, 0.5) is 10.9 Å². The maximum atomic E-state index is 13.2. The van der Waals surface area contributed by atoms with Crippen LogP contribution in [0, 0.1) is 25.2 Å². The first-order valence-electron chi connectivity index (χ1n) is 11.1. The van der Waals surface area contributed by atoms with Crippen molar-refractivity contribution in [1.29, 1.82) is 5.26 Å². The van der Waals surface area contributed by atoms with E-state index in [4.69, 9.17) is 10.3 Å². The van der Waals surface area contributed by atoms with E-state index in [1.807, 2.05) is 19.1 Å². The van der Waals surface area contributed by atoms with Crippen LogP contribution < -0.4 is 16.0 Å². The number of nitriles is 1. The van der Waals surface area contributed by atoms with Crippen molar-refractivity contribution in [3.63, 3.8) is 0 Å². The molecule has 0 saturated carbocycles. The van der Waals surface area contributed by atoms with E-state index in [1.54, 1.807) is 29.2 Å². The Labute approximate surface area is 218 Å². The first-order valence-corrected chi connectivity index (χ1v) is 13.7. The SMILES string of the molecule is Cc1cc(NC(=O)CSc2nnc(N3C(N)=C(C#N)C(c4ccc(C)s4)C4=C3CCCC4=O)s2)no1. The number of amides is 1. The molecule has 0 spiro atoms. The summed E-state index contributed by atoms with van der Waals surface area (Å²) < 4.78 is 5.51. The smallest absolute Gasteiger partial charge is 0.236 e. The van der Waals surface area contributed by atoms with Crippen molar-refractivity contribution in [3.8, 4) is 6.07 Å². The monoisotopic (exact) mass is 539 g/mol. The third-order valence-electron chi connectivity index (χ3n) is 5.77. The van der Waals surface area contributed by atoms with Gasteiger partial charge in [-0.15, -0.1) is 21.5 Å². The van der Waals surface area contributed by atoms with Crippen LogP contribution in [-0.4, -0.2) is 32.8 Å². The highest BCUT2D eigenvalue weighted by Gasteiger charge is 2.41. The molecule has 0 saturated heterocycles. The van der Waals surface area contributed by atoms with E-state index in [2.05, 4.69) is 26.7 Å². The highest BCUT2D eigenvalue weighted by Crippen LogP contribution is 2.48. The summed E-state index contributed by atoms with van der Waals surface area (Å²) in [4.78, 5) is 29.1. The molecular weight excluding hydrogens is 519 g/mol. The maximum Gasteiger partial charge on any atom is 0.236 e. The number of thioether (sulfide) groups is 1. The second kappa shape index (κ2) is 9.88. The molecule has 0 radical (unpaired) electrons. The summed E-state index contributed by atoms with van der Waals surface area (Å²) in [5.41, 5.74) is 8.28. The summed E-state index contributed by atoms with van der Waals surface area (Å²) in [6.07, 6.45) is 1.77. The van der Waals surface area contributed by atoms with E-state index in [-0.39, 0.29) is 23.3 Å². The van der Waals surface area contributed by atoms with Gasteiger partial charge in [0.05, 0.1) is 23.3 Å². The fourth-order valence-electron chi connectivity index (χ4n) is 4.28. The van der Waals surface area contributed by atoms with Crippen molar-refractivity contribution in [2.75, 3.05) is 16.0 Å². The van der Waals surface area contributed by atoms with Crippen LogP contribution in [0.25, 0.3) is 0 Å². The first kappa shape index (κ1) is 24.2. The molecule has 2 aliphatic rings. The van der Waals surface area contributed by atoms with Crippen LogP contribution in [0.15, 0.2) is 49.7 Å². The van der Waals surface area contributed by atoms with Crippen molar-refractivity contribution in [2.45, 2.75) is 43.4 Å². The number of hydrogen-bond donors (Lipinski definition) is 2. The minimum Gasteiger partial charge on any atom is -0.384 e. The normalized spacial score (nSPS) is 17.9. The fourth-order valence-corrected chi connectivity index (χ4v) is 6.96. The molecule has 4 heterocycles. The molecule has 0 fully saturated rings. The Kier molecular flexibility index (Phi) is 6.65. The molecule has 3 aromatic heterocycles. The Morgan fingerprint density at radius 1 is 1.33 bits per heavy atom. The number of rotatable bonds is 6. The molecule has 184 valence electrons. The van der Waals surface area contributed by atoms with Gasteiger partial charge < -0.3 is 15.6 Å². The van der Waals surface area contributed by atoms with E-state index in [0.717, 1.165) is 15.5 Å². The molecule has 36 heavy (non-hydrogen) atoms. The zero-order valence-electron chi connectivity index (χ0n) is 19.4. The Balaban J connectivity index is 1.42. The minimum absolute atomic E-state index is 0.0245. The number of allylic oxidation sites excluding steroid dienone is 3. The number of nitrogens with two attached hydrogens (primary N) is 1. The number of ketones is 1. The number of hydrogen-bond acceptors (Lipinski definition) is 12. The minimum atomic E-state index is -0.474. The summed E-state index contributed by atoms with van der Waals surface area (Å²) in [6.45, 7) is 3.73. The standard InChI is InChI=1S/C23H21N7O3S3/c1-11-8-17(29-33-11)26-18(32)10-34-23-28-27-22(36-23)30-14-4-3-5-15(31)20(14)19(13(9-24)21(30)25)16-7-6-12(2)35-16/h6-8,19H,3-5,10,25H2,1-2H3,(H,26,29,32). The second-order valence-electron chi connectivity index (χ2n) is 8.27. The third-order valence-corrected chi connectivity index (χ3v) is 8.88. The summed E-state index contributed by atoms with van der Waals surface area (Å²) in [5, 5.41) is 25.4. The van der Waals surface area contributed by atoms with Gasteiger partial charge in [0.2, 0.25) is 11.0 Å². The molecule has 1 aliphatic carbocycles. The Hall–Kier alpha value is -3.47. The lowest BCUT2D eigenvalue weighted by atomic mass is 9.78. The highest BCUT2D eigenvalue weighted by atomic mass is 32.2. The van der Waals surface area contributed by atoms with Crippen LogP contribution in [0.3, 0.4) is 0 Å². The van der Waals surface area contributed by atoms with Gasteiger partial charge in [0.1, 0.15) is 11.6 Å². The van der Waals surface area contributed by atoms with E-state index >= 15 is 0 Å². The summed E-state index contributed by atoms with van der Waals surface area (Å²) in [7, 11) is 0. The van der Waals surface area contributed by atoms with Crippen LogP contribution in [0.5, 0.6) is 0 Å². The van der Waals surface area contributed by atoms with Gasteiger partial charge >= 0.3 is 0 Å². The quantitative estimate of drug-likeness (QED) is 0.435. The molecule has 1 unspecified atom stereocenters.